The fourth-order valence-corrected chi connectivity index (χ4v) is 5.26. The molecule has 1 amide bonds. The highest BCUT2D eigenvalue weighted by molar-refractivity contribution is 7.90. The predicted octanol–water partition coefficient (Wildman–Crippen LogP) is 3.55. The summed E-state index contributed by atoms with van der Waals surface area (Å²) in [5, 5.41) is 0. The fraction of sp³-hybridized carbons (Fsp3) is 0.500. The molecule has 2 bridgehead atoms. The predicted molar refractivity (Wildman–Crippen MR) is 124 cm³/mol. The molecule has 33 heavy (non-hydrogen) atoms. The molecule has 1 aromatic carbocycles. The highest BCUT2D eigenvalue weighted by Crippen LogP contribution is 2.37. The number of aromatic nitrogens is 1. The van der Waals surface area contributed by atoms with Crippen LogP contribution in [-0.4, -0.2) is 54.5 Å². The molecule has 0 N–H and O–H groups in total. The van der Waals surface area contributed by atoms with Crippen LogP contribution in [0.25, 0.3) is 5.69 Å². The number of amides is 1. The number of rotatable bonds is 6. The third-order valence-electron chi connectivity index (χ3n) is 6.51. The minimum Gasteiger partial charge on any atom is -0.490 e. The Hall–Kier alpha value is -2.81. The van der Waals surface area contributed by atoms with Gasteiger partial charge in [0.1, 0.15) is 18.0 Å². The van der Waals surface area contributed by atoms with E-state index in [0.29, 0.717) is 24.3 Å². The lowest BCUT2D eigenvalue weighted by molar-refractivity contribution is 0.0179. The summed E-state index contributed by atoms with van der Waals surface area (Å²) < 4.78 is 36.4. The summed E-state index contributed by atoms with van der Waals surface area (Å²) in [7, 11) is -3.30. The summed E-state index contributed by atoms with van der Waals surface area (Å²) in [6.45, 7) is 3.89. The molecule has 0 radical (unpaired) electrons. The summed E-state index contributed by atoms with van der Waals surface area (Å²) >= 11 is 0. The topological polar surface area (TPSA) is 94.9 Å². The smallest absolute Gasteiger partial charge is 0.410 e. The molecule has 0 aliphatic carbocycles. The van der Waals surface area contributed by atoms with Crippen molar-refractivity contribution < 1.29 is 22.7 Å². The van der Waals surface area contributed by atoms with E-state index < -0.39 is 9.84 Å². The van der Waals surface area contributed by atoms with Gasteiger partial charge in [-0.2, -0.15) is 0 Å². The van der Waals surface area contributed by atoms with E-state index in [9.17, 15) is 18.0 Å². The number of carbonyl (C=O) groups excluding carboxylic acids is 1. The minimum absolute atomic E-state index is 0.0700. The maximum Gasteiger partial charge on any atom is 0.410 e. The number of hydrogen-bond donors (Lipinski definition) is 0. The second-order valence-electron chi connectivity index (χ2n) is 8.94. The van der Waals surface area contributed by atoms with Crippen LogP contribution in [0.4, 0.5) is 4.79 Å². The summed E-state index contributed by atoms with van der Waals surface area (Å²) in [6.07, 6.45) is 6.44. The molecule has 2 aromatic rings. The molecule has 2 saturated heterocycles. The van der Waals surface area contributed by atoms with Gasteiger partial charge in [-0.05, 0) is 56.5 Å². The maximum atomic E-state index is 12.7. The number of benzene rings is 1. The summed E-state index contributed by atoms with van der Waals surface area (Å²) in [5.41, 5.74) is 0.308. The molecule has 2 fully saturated rings. The van der Waals surface area contributed by atoms with Crippen LogP contribution in [0.3, 0.4) is 0 Å². The van der Waals surface area contributed by atoms with Crippen molar-refractivity contribution in [1.29, 1.82) is 0 Å². The molecule has 3 unspecified atom stereocenters. The molecule has 8 nitrogen and oxygen atoms in total. The molecule has 2 aliphatic rings. The zero-order valence-corrected chi connectivity index (χ0v) is 20.0. The first-order valence-corrected chi connectivity index (χ1v) is 13.2. The summed E-state index contributed by atoms with van der Waals surface area (Å²) in [4.78, 5) is 27.3. The third kappa shape index (κ3) is 5.08. The van der Waals surface area contributed by atoms with Gasteiger partial charge in [0.05, 0.1) is 4.90 Å². The normalized spacial score (nSPS) is 23.2. The SMILES string of the molecule is CCC(C)OC(=O)N1C2CCC1CC(Oc1ccn(-c3ccc(S(C)(=O)=O)cc3)c(=O)c1)C2. The Labute approximate surface area is 194 Å². The molecule has 2 aliphatic heterocycles. The van der Waals surface area contributed by atoms with Crippen LogP contribution in [0.2, 0.25) is 0 Å². The van der Waals surface area contributed by atoms with Crippen LogP contribution in [0.5, 0.6) is 5.75 Å². The zero-order chi connectivity index (χ0) is 23.8. The molecule has 0 spiro atoms. The molecular weight excluding hydrogens is 444 g/mol. The largest absolute Gasteiger partial charge is 0.490 e. The molecule has 3 atom stereocenters. The summed E-state index contributed by atoms with van der Waals surface area (Å²) in [5.74, 6) is 0.490. The number of nitrogens with zero attached hydrogens (tertiary/aromatic N) is 2. The van der Waals surface area contributed by atoms with Gasteiger partial charge in [-0.15, -0.1) is 0 Å². The average molecular weight is 475 g/mol. The first kappa shape index (κ1) is 23.4. The number of pyridine rings is 1. The number of hydrogen-bond acceptors (Lipinski definition) is 6. The van der Waals surface area contributed by atoms with Crippen molar-refractivity contribution in [2.45, 2.75) is 75.1 Å². The van der Waals surface area contributed by atoms with E-state index in [0.717, 1.165) is 25.5 Å². The number of piperidine rings is 1. The van der Waals surface area contributed by atoms with Gasteiger partial charge in [-0.1, -0.05) is 6.92 Å². The van der Waals surface area contributed by atoms with Gasteiger partial charge >= 0.3 is 6.09 Å². The molecule has 3 heterocycles. The van der Waals surface area contributed by atoms with Crippen LogP contribution in [-0.2, 0) is 14.6 Å². The fourth-order valence-electron chi connectivity index (χ4n) is 4.63. The van der Waals surface area contributed by atoms with E-state index in [2.05, 4.69) is 0 Å². The van der Waals surface area contributed by atoms with Crippen molar-refractivity contribution in [2.24, 2.45) is 0 Å². The number of carbonyl (C=O) groups is 1. The molecule has 178 valence electrons. The van der Waals surface area contributed by atoms with Gasteiger partial charge in [-0.25, -0.2) is 13.2 Å². The van der Waals surface area contributed by atoms with Gasteiger partial charge in [0, 0.05) is 49.1 Å². The lowest BCUT2D eigenvalue weighted by Gasteiger charge is -2.38. The van der Waals surface area contributed by atoms with E-state index in [1.54, 1.807) is 24.4 Å². The molecule has 9 heteroatoms. The number of sulfone groups is 1. The van der Waals surface area contributed by atoms with E-state index in [1.165, 1.54) is 22.8 Å². The van der Waals surface area contributed by atoms with Gasteiger partial charge in [0.25, 0.3) is 5.56 Å². The van der Waals surface area contributed by atoms with Crippen LogP contribution in [0, 0.1) is 0 Å². The van der Waals surface area contributed by atoms with Crippen molar-refractivity contribution in [3.8, 4) is 11.4 Å². The van der Waals surface area contributed by atoms with Crippen LogP contribution in [0.1, 0.15) is 46.0 Å². The van der Waals surface area contributed by atoms with Gasteiger partial charge < -0.3 is 14.4 Å². The van der Waals surface area contributed by atoms with Crippen molar-refractivity contribution in [2.75, 3.05) is 6.26 Å². The van der Waals surface area contributed by atoms with Crippen molar-refractivity contribution in [1.82, 2.24) is 9.47 Å². The molecule has 4 rings (SSSR count). The van der Waals surface area contributed by atoms with E-state index >= 15 is 0 Å². The van der Waals surface area contributed by atoms with Gasteiger partial charge in [-0.3, -0.25) is 9.36 Å². The van der Waals surface area contributed by atoms with Crippen molar-refractivity contribution in [3.63, 3.8) is 0 Å². The Morgan fingerprint density at radius 2 is 1.76 bits per heavy atom. The van der Waals surface area contributed by atoms with E-state index in [1.807, 2.05) is 18.7 Å². The lowest BCUT2D eigenvalue weighted by Crippen LogP contribution is -2.50. The first-order valence-electron chi connectivity index (χ1n) is 11.3. The third-order valence-corrected chi connectivity index (χ3v) is 7.64. The van der Waals surface area contributed by atoms with Crippen LogP contribution >= 0.6 is 0 Å². The summed E-state index contributed by atoms with van der Waals surface area (Å²) in [6, 6.07) is 9.54. The Morgan fingerprint density at radius 1 is 1.12 bits per heavy atom. The molecule has 1 aromatic heterocycles. The maximum absolute atomic E-state index is 12.7. The van der Waals surface area contributed by atoms with Crippen LogP contribution < -0.4 is 10.3 Å². The lowest BCUT2D eigenvalue weighted by atomic mass is 10.0. The Morgan fingerprint density at radius 3 is 2.30 bits per heavy atom. The number of ether oxygens (including phenoxy) is 2. The van der Waals surface area contributed by atoms with Crippen molar-refractivity contribution in [3.05, 3.63) is 52.9 Å². The minimum atomic E-state index is -3.30. The van der Waals surface area contributed by atoms with Crippen molar-refractivity contribution >= 4 is 15.9 Å². The second-order valence-corrected chi connectivity index (χ2v) is 11.0. The standard InChI is InChI=1S/C24H30N2O6S/c1-4-16(2)31-24(28)26-18-5-6-19(26)14-21(13-18)32-20-11-12-25(23(27)15-20)17-7-9-22(10-8-17)33(3,29)30/h7-12,15-16,18-19,21H,4-6,13-14H2,1-3H3. The zero-order valence-electron chi connectivity index (χ0n) is 19.1. The first-order chi connectivity index (χ1) is 15.7. The Balaban J connectivity index is 1.42. The average Bonchev–Trinajstić information content (AvgIpc) is 3.04. The van der Waals surface area contributed by atoms with Gasteiger partial charge in [0.15, 0.2) is 9.84 Å². The monoisotopic (exact) mass is 474 g/mol. The second kappa shape index (κ2) is 9.21. The van der Waals surface area contributed by atoms with Crippen LogP contribution in [0.15, 0.2) is 52.3 Å². The van der Waals surface area contributed by atoms with Gasteiger partial charge in [0.2, 0.25) is 0 Å². The highest BCUT2D eigenvalue weighted by atomic mass is 32.2. The highest BCUT2D eigenvalue weighted by Gasteiger charge is 2.45. The van der Waals surface area contributed by atoms with E-state index in [4.69, 9.17) is 9.47 Å². The number of fused-ring (bicyclic) bond motifs is 2. The molecular formula is C24H30N2O6S. The Bertz CT molecular complexity index is 1160. The van der Waals surface area contributed by atoms with E-state index in [-0.39, 0.29) is 40.8 Å². The Kier molecular flexibility index (Phi) is 6.52. The quantitative estimate of drug-likeness (QED) is 0.636. The molecule has 0 saturated carbocycles.